The molecule has 3 aromatic heterocycles. The third kappa shape index (κ3) is 1.99. The minimum Gasteiger partial charge on any atom is -0.467 e. The zero-order valence-electron chi connectivity index (χ0n) is 11.3. The van der Waals surface area contributed by atoms with E-state index < -0.39 is 0 Å². The number of hydrogen-bond acceptors (Lipinski definition) is 6. The van der Waals surface area contributed by atoms with Gasteiger partial charge < -0.3 is 9.73 Å². The van der Waals surface area contributed by atoms with Gasteiger partial charge in [-0.1, -0.05) is 6.07 Å². The molecule has 7 nitrogen and oxygen atoms in total. The third-order valence-corrected chi connectivity index (χ3v) is 3.28. The lowest BCUT2D eigenvalue weighted by molar-refractivity contribution is 0.518. The number of hydrogen-bond donors (Lipinski definition) is 1. The van der Waals surface area contributed by atoms with Crippen molar-refractivity contribution in [1.29, 1.82) is 0 Å². The van der Waals surface area contributed by atoms with Crippen LogP contribution in [0.2, 0.25) is 0 Å². The van der Waals surface area contributed by atoms with Crippen molar-refractivity contribution in [1.82, 2.24) is 25.0 Å². The van der Waals surface area contributed by atoms with E-state index in [1.165, 1.54) is 0 Å². The SMILES string of the molecule is Cc1ccc2nc(NCc3ccco3)c3nnnn3c2c1. The van der Waals surface area contributed by atoms with Crippen molar-refractivity contribution in [2.75, 3.05) is 5.32 Å². The molecule has 3 heterocycles. The second-order valence-corrected chi connectivity index (χ2v) is 4.80. The Hall–Kier alpha value is -2.96. The van der Waals surface area contributed by atoms with E-state index in [2.05, 4.69) is 25.8 Å². The van der Waals surface area contributed by atoms with Gasteiger partial charge in [-0.25, -0.2) is 4.98 Å². The lowest BCUT2D eigenvalue weighted by Crippen LogP contribution is -2.05. The molecule has 104 valence electrons. The number of aromatic nitrogens is 5. The number of nitrogens with one attached hydrogen (secondary N) is 1. The Morgan fingerprint density at radius 3 is 3.10 bits per heavy atom. The number of tetrazole rings is 1. The van der Waals surface area contributed by atoms with Crippen LogP contribution in [0.15, 0.2) is 41.0 Å². The molecular formula is C14H12N6O. The molecule has 4 aromatic rings. The first-order valence-corrected chi connectivity index (χ1v) is 6.56. The van der Waals surface area contributed by atoms with E-state index in [4.69, 9.17) is 4.42 Å². The van der Waals surface area contributed by atoms with E-state index in [1.54, 1.807) is 10.8 Å². The van der Waals surface area contributed by atoms with Gasteiger partial charge in [0, 0.05) is 0 Å². The number of aryl methyl sites for hydroxylation is 1. The van der Waals surface area contributed by atoms with Crippen molar-refractivity contribution < 1.29 is 4.42 Å². The summed E-state index contributed by atoms with van der Waals surface area (Å²) in [6, 6.07) is 9.74. The van der Waals surface area contributed by atoms with Crippen LogP contribution in [0.5, 0.6) is 0 Å². The van der Waals surface area contributed by atoms with E-state index in [0.29, 0.717) is 18.0 Å². The molecule has 0 fully saturated rings. The number of fused-ring (bicyclic) bond motifs is 3. The summed E-state index contributed by atoms with van der Waals surface area (Å²) < 4.78 is 7.00. The molecule has 0 atom stereocenters. The summed E-state index contributed by atoms with van der Waals surface area (Å²) in [5, 5.41) is 15.1. The van der Waals surface area contributed by atoms with E-state index in [0.717, 1.165) is 22.4 Å². The van der Waals surface area contributed by atoms with E-state index in [-0.39, 0.29) is 0 Å². The fourth-order valence-corrected chi connectivity index (χ4v) is 2.27. The maximum Gasteiger partial charge on any atom is 0.222 e. The highest BCUT2D eigenvalue weighted by atomic mass is 16.3. The zero-order chi connectivity index (χ0) is 14.2. The summed E-state index contributed by atoms with van der Waals surface area (Å²) in [5.74, 6) is 1.46. The van der Waals surface area contributed by atoms with Crippen LogP contribution in [0.1, 0.15) is 11.3 Å². The van der Waals surface area contributed by atoms with Gasteiger partial charge in [-0.2, -0.15) is 4.52 Å². The van der Waals surface area contributed by atoms with Crippen LogP contribution in [-0.2, 0) is 6.54 Å². The van der Waals surface area contributed by atoms with Gasteiger partial charge in [0.2, 0.25) is 5.65 Å². The lowest BCUT2D eigenvalue weighted by Gasteiger charge is -2.07. The van der Waals surface area contributed by atoms with Crippen LogP contribution in [-0.4, -0.2) is 25.0 Å². The molecule has 0 aliphatic carbocycles. The highest BCUT2D eigenvalue weighted by Crippen LogP contribution is 2.20. The zero-order valence-corrected chi connectivity index (χ0v) is 11.3. The molecule has 0 aliphatic rings. The van der Waals surface area contributed by atoms with E-state index in [1.807, 2.05) is 37.3 Å². The molecule has 1 aromatic carbocycles. The molecule has 0 amide bonds. The molecule has 0 bridgehead atoms. The summed E-state index contributed by atoms with van der Waals surface area (Å²) in [7, 11) is 0. The molecule has 0 saturated carbocycles. The van der Waals surface area contributed by atoms with Crippen LogP contribution < -0.4 is 5.32 Å². The van der Waals surface area contributed by atoms with Gasteiger partial charge in [0.05, 0.1) is 23.8 Å². The maximum atomic E-state index is 5.30. The summed E-state index contributed by atoms with van der Waals surface area (Å²) in [4.78, 5) is 4.60. The largest absolute Gasteiger partial charge is 0.467 e. The van der Waals surface area contributed by atoms with Crippen molar-refractivity contribution in [2.24, 2.45) is 0 Å². The number of furan rings is 1. The van der Waals surface area contributed by atoms with Gasteiger partial charge >= 0.3 is 0 Å². The molecule has 0 saturated heterocycles. The fourth-order valence-electron chi connectivity index (χ4n) is 2.27. The quantitative estimate of drug-likeness (QED) is 0.619. The average Bonchev–Trinajstić information content (AvgIpc) is 3.16. The van der Waals surface area contributed by atoms with Crippen molar-refractivity contribution >= 4 is 22.5 Å². The van der Waals surface area contributed by atoms with Gasteiger partial charge in [-0.15, -0.1) is 5.10 Å². The van der Waals surface area contributed by atoms with Crippen LogP contribution in [0.25, 0.3) is 16.7 Å². The first kappa shape index (κ1) is 11.8. The van der Waals surface area contributed by atoms with Crippen molar-refractivity contribution in [2.45, 2.75) is 13.5 Å². The Kier molecular flexibility index (Phi) is 2.56. The molecule has 1 N–H and O–H groups in total. The van der Waals surface area contributed by atoms with Crippen molar-refractivity contribution in [3.05, 3.63) is 47.9 Å². The Labute approximate surface area is 119 Å². The Morgan fingerprint density at radius 1 is 1.29 bits per heavy atom. The van der Waals surface area contributed by atoms with Crippen LogP contribution in [0.4, 0.5) is 5.82 Å². The average molecular weight is 280 g/mol. The van der Waals surface area contributed by atoms with Crippen molar-refractivity contribution in [3.8, 4) is 0 Å². The molecule has 4 rings (SSSR count). The third-order valence-electron chi connectivity index (χ3n) is 3.28. The number of nitrogens with zero attached hydrogens (tertiary/aromatic N) is 5. The Bertz CT molecular complexity index is 912. The molecule has 7 heteroatoms. The second kappa shape index (κ2) is 4.55. The first-order chi connectivity index (χ1) is 10.3. The van der Waals surface area contributed by atoms with E-state index >= 15 is 0 Å². The molecule has 0 aliphatic heterocycles. The highest BCUT2D eigenvalue weighted by Gasteiger charge is 2.11. The molecule has 0 unspecified atom stereocenters. The van der Waals surface area contributed by atoms with E-state index in [9.17, 15) is 0 Å². The van der Waals surface area contributed by atoms with Gasteiger partial charge in [0.1, 0.15) is 5.76 Å². The van der Waals surface area contributed by atoms with Gasteiger partial charge in [-0.3, -0.25) is 0 Å². The predicted molar refractivity (Wildman–Crippen MR) is 76.9 cm³/mol. The minimum atomic E-state index is 0.528. The standard InChI is InChI=1S/C14H12N6O/c1-9-4-5-11-12(7-9)20-14(17-18-19-20)13(16-11)15-8-10-3-2-6-21-10/h2-7H,8H2,1H3,(H,15,16). The molecule has 0 radical (unpaired) electrons. The lowest BCUT2D eigenvalue weighted by atomic mass is 10.2. The summed E-state index contributed by atoms with van der Waals surface area (Å²) in [6.45, 7) is 2.55. The Morgan fingerprint density at radius 2 is 2.24 bits per heavy atom. The highest BCUT2D eigenvalue weighted by molar-refractivity contribution is 5.82. The van der Waals surface area contributed by atoms with Crippen LogP contribution >= 0.6 is 0 Å². The minimum absolute atomic E-state index is 0.528. The maximum absolute atomic E-state index is 5.30. The smallest absolute Gasteiger partial charge is 0.222 e. The summed E-state index contributed by atoms with van der Waals surface area (Å²) in [5.41, 5.74) is 3.46. The predicted octanol–water partition coefficient (Wildman–Crippen LogP) is 2.19. The Balaban J connectivity index is 1.83. The van der Waals surface area contributed by atoms with Crippen LogP contribution in [0, 0.1) is 6.92 Å². The topological polar surface area (TPSA) is 81.1 Å². The molecule has 21 heavy (non-hydrogen) atoms. The number of rotatable bonds is 3. The van der Waals surface area contributed by atoms with Crippen molar-refractivity contribution in [3.63, 3.8) is 0 Å². The van der Waals surface area contributed by atoms with Gasteiger partial charge in [0.25, 0.3) is 0 Å². The fraction of sp³-hybridized carbons (Fsp3) is 0.143. The molecule has 0 spiro atoms. The van der Waals surface area contributed by atoms with Gasteiger partial charge in [0.15, 0.2) is 5.82 Å². The summed E-state index contributed by atoms with van der Waals surface area (Å²) in [6.07, 6.45) is 1.64. The van der Waals surface area contributed by atoms with Crippen LogP contribution in [0.3, 0.4) is 0 Å². The summed E-state index contributed by atoms with van der Waals surface area (Å²) >= 11 is 0. The number of benzene rings is 1. The number of anilines is 1. The monoisotopic (exact) mass is 280 g/mol. The normalized spacial score (nSPS) is 11.3. The molecular weight excluding hydrogens is 268 g/mol. The second-order valence-electron chi connectivity index (χ2n) is 4.80. The van der Waals surface area contributed by atoms with Gasteiger partial charge in [-0.05, 0) is 47.2 Å². The first-order valence-electron chi connectivity index (χ1n) is 6.56.